The zero-order valence-corrected chi connectivity index (χ0v) is 27.1. The molecule has 0 N–H and O–H groups in total. The molecule has 1 atom stereocenters. The molecule has 0 aromatic heterocycles. The van der Waals surface area contributed by atoms with Gasteiger partial charge in [-0.1, -0.05) is 0 Å². The molecule has 39 heavy (non-hydrogen) atoms. The predicted octanol–water partition coefficient (Wildman–Crippen LogP) is 2.04. The van der Waals surface area contributed by atoms with E-state index in [1.807, 2.05) is 0 Å². The fourth-order valence-electron chi connectivity index (χ4n) is 7.34. The molecule has 1 unspecified atom stereocenters. The summed E-state index contributed by atoms with van der Waals surface area (Å²) in [5.41, 5.74) is 7.14. The van der Waals surface area contributed by atoms with E-state index in [4.69, 9.17) is 4.21 Å². The molecular formula is C36H36Cl2Zr. The SMILES string of the molecule is [CH2]=[Zr+2]([C]1=CC(C(C)(C)C)=CC1C)([c]1ccccc1)([c]1ccccc1)[CH]1c2ccccc2-c2ccccc21.[Cl-].[Cl-]. The Morgan fingerprint density at radius 1 is 0.615 bits per heavy atom. The van der Waals surface area contributed by atoms with Crippen LogP contribution >= 0.6 is 0 Å². The van der Waals surface area contributed by atoms with E-state index in [1.165, 1.54) is 34.4 Å². The van der Waals surface area contributed by atoms with Crippen LogP contribution < -0.4 is 31.4 Å². The van der Waals surface area contributed by atoms with Crippen LogP contribution in [0.4, 0.5) is 0 Å². The maximum absolute atomic E-state index is 5.68. The second-order valence-electron chi connectivity index (χ2n) is 12.1. The number of allylic oxidation sites excluding steroid dienone is 4. The molecule has 6 rings (SSSR count). The van der Waals surface area contributed by atoms with Crippen molar-refractivity contribution in [2.75, 3.05) is 0 Å². The quantitative estimate of drug-likeness (QED) is 0.324. The van der Waals surface area contributed by atoms with Crippen LogP contribution in [0.1, 0.15) is 42.4 Å². The second kappa shape index (κ2) is 10.6. The largest absolute Gasteiger partial charge is 1.00 e. The summed E-state index contributed by atoms with van der Waals surface area (Å²) in [4.78, 5) is 0. The van der Waals surface area contributed by atoms with Crippen LogP contribution in [-0.2, 0) is 18.3 Å². The Morgan fingerprint density at radius 2 is 1.03 bits per heavy atom. The van der Waals surface area contributed by atoms with Gasteiger partial charge in [0, 0.05) is 0 Å². The number of benzene rings is 4. The Labute approximate surface area is 247 Å². The Balaban J connectivity index is 0.00000176. The molecular weight excluding hydrogens is 595 g/mol. The standard InChI is InChI=1S/C13H9.C10H15.2C6H5.CH2.2ClH.Zr/c1-3-7-12-10(5-1)9-11-6-2-4-8-13(11)12;1-8-5-6-9(7-8)10(2,3)4;2*1-2-4-6-5-3-1;;;;/h1-9H;6-8H,1-4H3;2*1-5H;1H2;2*1H;/q;;;;;;;+2/p-2. The van der Waals surface area contributed by atoms with Crippen molar-refractivity contribution in [3.8, 4) is 11.1 Å². The van der Waals surface area contributed by atoms with Gasteiger partial charge in [-0.05, 0) is 0 Å². The molecule has 3 heteroatoms. The fourth-order valence-corrected chi connectivity index (χ4v) is 25.5. The third-order valence-corrected chi connectivity index (χ3v) is 26.6. The fraction of sp³-hybridized carbons (Fsp3) is 0.194. The molecule has 0 bridgehead atoms. The van der Waals surface area contributed by atoms with Crippen molar-refractivity contribution in [1.29, 1.82) is 0 Å². The van der Waals surface area contributed by atoms with E-state index < -0.39 is 18.3 Å². The molecule has 0 spiro atoms. The minimum atomic E-state index is -4.69. The summed E-state index contributed by atoms with van der Waals surface area (Å²) in [6.07, 6.45) is 5.10. The first-order valence-electron chi connectivity index (χ1n) is 13.5. The van der Waals surface area contributed by atoms with Crippen LogP contribution in [0.25, 0.3) is 11.1 Å². The molecule has 0 saturated heterocycles. The normalized spacial score (nSPS) is 16.2. The van der Waals surface area contributed by atoms with Crippen LogP contribution in [0.3, 0.4) is 0 Å². The van der Waals surface area contributed by atoms with E-state index in [1.54, 1.807) is 3.28 Å². The van der Waals surface area contributed by atoms with Crippen molar-refractivity contribution in [3.63, 3.8) is 0 Å². The molecule has 4 aromatic carbocycles. The summed E-state index contributed by atoms with van der Waals surface area (Å²) < 4.78 is 10.3. The Hall–Kier alpha value is -2.31. The summed E-state index contributed by atoms with van der Waals surface area (Å²) in [7, 11) is 0. The first-order chi connectivity index (χ1) is 17.7. The summed E-state index contributed by atoms with van der Waals surface area (Å²) >= 11 is -4.69. The average Bonchev–Trinajstić information content (AvgIpc) is 3.49. The van der Waals surface area contributed by atoms with Gasteiger partial charge in [0.2, 0.25) is 0 Å². The molecule has 0 saturated carbocycles. The van der Waals surface area contributed by atoms with Gasteiger partial charge in [0.05, 0.1) is 0 Å². The Kier molecular flexibility index (Phi) is 8.06. The summed E-state index contributed by atoms with van der Waals surface area (Å²) in [5, 5.41) is 0. The molecule has 0 amide bonds. The molecule has 2 aliphatic rings. The maximum Gasteiger partial charge on any atom is -1.00 e. The van der Waals surface area contributed by atoms with Crippen molar-refractivity contribution >= 4 is 10.8 Å². The van der Waals surface area contributed by atoms with Crippen LogP contribution in [0.2, 0.25) is 0 Å². The zero-order chi connectivity index (χ0) is 25.9. The number of halogens is 2. The van der Waals surface area contributed by atoms with E-state index in [2.05, 4.69) is 149 Å². The topological polar surface area (TPSA) is 0 Å². The van der Waals surface area contributed by atoms with Crippen LogP contribution in [0, 0.1) is 11.3 Å². The van der Waals surface area contributed by atoms with E-state index in [-0.39, 0.29) is 33.9 Å². The van der Waals surface area contributed by atoms with Crippen molar-refractivity contribution in [1.82, 2.24) is 0 Å². The molecule has 198 valence electrons. The van der Waals surface area contributed by atoms with Crippen molar-refractivity contribution < 1.29 is 43.1 Å². The maximum atomic E-state index is 5.68. The van der Waals surface area contributed by atoms with Crippen LogP contribution in [0.15, 0.2) is 130 Å². The van der Waals surface area contributed by atoms with Gasteiger partial charge < -0.3 is 24.8 Å². The molecule has 0 nitrogen and oxygen atoms in total. The summed E-state index contributed by atoms with van der Waals surface area (Å²) in [6.45, 7) is 9.41. The molecule has 2 aliphatic carbocycles. The van der Waals surface area contributed by atoms with Crippen LogP contribution in [-0.4, -0.2) is 4.21 Å². The van der Waals surface area contributed by atoms with E-state index in [0.717, 1.165) is 0 Å². The van der Waals surface area contributed by atoms with Crippen molar-refractivity contribution in [2.45, 2.75) is 31.3 Å². The number of rotatable bonds is 4. The van der Waals surface area contributed by atoms with E-state index >= 15 is 0 Å². The third kappa shape index (κ3) is 4.25. The summed E-state index contributed by atoms with van der Waals surface area (Å²) in [5.74, 6) is 0.331. The molecule has 4 aromatic rings. The number of hydrogen-bond acceptors (Lipinski definition) is 0. The van der Waals surface area contributed by atoms with Gasteiger partial charge in [-0.25, -0.2) is 0 Å². The number of fused-ring (bicyclic) bond motifs is 3. The van der Waals surface area contributed by atoms with Crippen LogP contribution in [0.5, 0.6) is 0 Å². The van der Waals surface area contributed by atoms with E-state index in [0.29, 0.717) is 5.92 Å². The van der Waals surface area contributed by atoms with Gasteiger partial charge in [-0.3, -0.25) is 0 Å². The van der Waals surface area contributed by atoms with Gasteiger partial charge in [0.15, 0.2) is 0 Å². The van der Waals surface area contributed by atoms with Gasteiger partial charge in [-0.15, -0.1) is 0 Å². The third-order valence-electron chi connectivity index (χ3n) is 9.09. The Bertz CT molecular complexity index is 1530. The zero-order valence-electron chi connectivity index (χ0n) is 23.2. The smallest absolute Gasteiger partial charge is 1.00 e. The van der Waals surface area contributed by atoms with E-state index in [9.17, 15) is 0 Å². The first-order valence-corrected chi connectivity index (χ1v) is 20.4. The summed E-state index contributed by atoms with van der Waals surface area (Å²) in [6, 6.07) is 40.9. The second-order valence-corrected chi connectivity index (χ2v) is 25.4. The molecule has 0 heterocycles. The predicted molar refractivity (Wildman–Crippen MR) is 158 cm³/mol. The number of hydrogen-bond donors (Lipinski definition) is 0. The minimum Gasteiger partial charge on any atom is -1.00 e. The van der Waals surface area contributed by atoms with Gasteiger partial charge in [0.1, 0.15) is 0 Å². The van der Waals surface area contributed by atoms with Crippen molar-refractivity contribution in [3.05, 3.63) is 141 Å². The first kappa shape index (κ1) is 29.7. The Morgan fingerprint density at radius 3 is 1.44 bits per heavy atom. The van der Waals surface area contributed by atoms with Gasteiger partial charge in [-0.2, -0.15) is 0 Å². The molecule has 0 fully saturated rings. The van der Waals surface area contributed by atoms with Gasteiger partial charge in [0.25, 0.3) is 0 Å². The minimum absolute atomic E-state index is 0. The van der Waals surface area contributed by atoms with Crippen molar-refractivity contribution in [2.24, 2.45) is 11.3 Å². The monoisotopic (exact) mass is 628 g/mol. The average molecular weight is 631 g/mol. The van der Waals surface area contributed by atoms with Gasteiger partial charge >= 0.3 is 224 Å². The molecule has 0 aliphatic heterocycles. The molecule has 0 radical (unpaired) electrons.